The Kier molecular flexibility index (Phi) is 7.83. The maximum atomic E-state index is 10.7. The van der Waals surface area contributed by atoms with E-state index in [2.05, 4.69) is 27.4 Å². The van der Waals surface area contributed by atoms with Crippen LogP contribution in [0.1, 0.15) is 30.0 Å². The van der Waals surface area contributed by atoms with E-state index in [0.29, 0.717) is 41.6 Å². The largest absolute Gasteiger partial charge is 0.390 e. The van der Waals surface area contributed by atoms with Gasteiger partial charge in [0.15, 0.2) is 0 Å². The molecule has 6 nitrogen and oxygen atoms in total. The number of rotatable bonds is 7. The van der Waals surface area contributed by atoms with E-state index < -0.39 is 6.10 Å². The molecule has 0 spiro atoms. The standard InChI is InChI=1S/C24H27ClN4O2/c1-3-18(4-2)23-14-28(15-24(31)21-7-5-6-19(16-30)27-21)10-11-29(23)22-9-8-17(13-26)12-20(22)25/h3-9,12,23-24,30-31H,1,10-11,14-16H2,2H3/b18-4+/t23-,24?/m0/s1. The highest BCUT2D eigenvalue weighted by Crippen LogP contribution is 2.32. The zero-order chi connectivity index (χ0) is 22.4. The number of benzene rings is 1. The molecular weight excluding hydrogens is 412 g/mol. The molecule has 3 rings (SSSR count). The number of anilines is 1. The SMILES string of the molecule is C=C/C(=C\C)[C@@H]1CN(CC(O)c2cccc(CO)n2)CCN1c1ccc(C#N)cc1Cl. The summed E-state index contributed by atoms with van der Waals surface area (Å²) in [6.07, 6.45) is 3.13. The van der Waals surface area contributed by atoms with Crippen molar-refractivity contribution in [1.29, 1.82) is 5.26 Å². The van der Waals surface area contributed by atoms with E-state index in [1.807, 2.05) is 25.1 Å². The van der Waals surface area contributed by atoms with Crippen LogP contribution < -0.4 is 4.90 Å². The predicted molar refractivity (Wildman–Crippen MR) is 123 cm³/mol. The molecule has 1 fully saturated rings. The molecule has 2 heterocycles. The van der Waals surface area contributed by atoms with Gasteiger partial charge in [-0.15, -0.1) is 0 Å². The Hall–Kier alpha value is -2.69. The summed E-state index contributed by atoms with van der Waals surface area (Å²) >= 11 is 6.51. The number of aliphatic hydroxyl groups is 2. The highest BCUT2D eigenvalue weighted by atomic mass is 35.5. The van der Waals surface area contributed by atoms with Gasteiger partial charge in [-0.3, -0.25) is 9.88 Å². The Balaban J connectivity index is 1.81. The molecule has 2 atom stereocenters. The second-order valence-electron chi connectivity index (χ2n) is 7.47. The summed E-state index contributed by atoms with van der Waals surface area (Å²) in [7, 11) is 0. The summed E-state index contributed by atoms with van der Waals surface area (Å²) in [6, 6.07) is 12.8. The molecule has 7 heteroatoms. The average molecular weight is 439 g/mol. The molecule has 1 saturated heterocycles. The number of hydrogen-bond acceptors (Lipinski definition) is 6. The lowest BCUT2D eigenvalue weighted by atomic mass is 10.00. The fourth-order valence-corrected chi connectivity index (χ4v) is 4.23. The van der Waals surface area contributed by atoms with Gasteiger partial charge in [-0.1, -0.05) is 36.4 Å². The fraction of sp³-hybridized carbons (Fsp3) is 0.333. The number of nitrogens with zero attached hydrogens (tertiary/aromatic N) is 4. The van der Waals surface area contributed by atoms with E-state index in [4.69, 9.17) is 16.9 Å². The minimum atomic E-state index is -0.755. The highest BCUT2D eigenvalue weighted by Gasteiger charge is 2.31. The maximum Gasteiger partial charge on any atom is 0.109 e. The van der Waals surface area contributed by atoms with Crippen LogP contribution in [0.25, 0.3) is 0 Å². The van der Waals surface area contributed by atoms with E-state index in [-0.39, 0.29) is 12.6 Å². The zero-order valence-electron chi connectivity index (χ0n) is 17.6. The molecule has 0 amide bonds. The molecule has 1 aromatic heterocycles. The van der Waals surface area contributed by atoms with Crippen molar-refractivity contribution in [1.82, 2.24) is 9.88 Å². The number of halogens is 1. The smallest absolute Gasteiger partial charge is 0.109 e. The average Bonchev–Trinajstić information content (AvgIpc) is 2.80. The van der Waals surface area contributed by atoms with Crippen LogP contribution in [0.3, 0.4) is 0 Å². The third-order valence-corrected chi connectivity index (χ3v) is 5.87. The van der Waals surface area contributed by atoms with Crippen molar-refractivity contribution >= 4 is 17.3 Å². The highest BCUT2D eigenvalue weighted by molar-refractivity contribution is 6.33. The third-order valence-electron chi connectivity index (χ3n) is 5.57. The summed E-state index contributed by atoms with van der Waals surface area (Å²) in [6.45, 7) is 8.34. The van der Waals surface area contributed by atoms with Crippen LogP contribution in [-0.4, -0.2) is 52.3 Å². The number of β-amino-alcohol motifs (C(OH)–C–C–N with tert-alkyl or cyclic N) is 1. The van der Waals surface area contributed by atoms with Crippen molar-refractivity contribution in [2.75, 3.05) is 31.1 Å². The predicted octanol–water partition coefficient (Wildman–Crippen LogP) is 3.46. The Labute approximate surface area is 188 Å². The number of pyridine rings is 1. The molecule has 1 unspecified atom stereocenters. The lowest BCUT2D eigenvalue weighted by Gasteiger charge is -2.44. The summed E-state index contributed by atoms with van der Waals surface area (Å²) < 4.78 is 0. The number of nitriles is 1. The molecule has 1 aromatic carbocycles. The van der Waals surface area contributed by atoms with Gasteiger partial charge in [-0.2, -0.15) is 5.26 Å². The van der Waals surface area contributed by atoms with E-state index in [1.165, 1.54) is 0 Å². The Morgan fingerprint density at radius 1 is 1.39 bits per heavy atom. The van der Waals surface area contributed by atoms with Gasteiger partial charge < -0.3 is 15.1 Å². The van der Waals surface area contributed by atoms with Crippen LogP contribution in [0, 0.1) is 11.3 Å². The first-order valence-electron chi connectivity index (χ1n) is 10.2. The molecule has 162 valence electrons. The zero-order valence-corrected chi connectivity index (χ0v) is 18.3. The number of aromatic nitrogens is 1. The third kappa shape index (κ3) is 5.33. The topological polar surface area (TPSA) is 83.6 Å². The molecule has 0 radical (unpaired) electrons. The van der Waals surface area contributed by atoms with E-state index in [9.17, 15) is 10.2 Å². The molecular formula is C24H27ClN4O2. The van der Waals surface area contributed by atoms with Crippen molar-refractivity contribution in [2.45, 2.75) is 25.7 Å². The monoisotopic (exact) mass is 438 g/mol. The van der Waals surface area contributed by atoms with Crippen molar-refractivity contribution in [3.05, 3.63) is 82.7 Å². The first-order chi connectivity index (χ1) is 15.0. The molecule has 31 heavy (non-hydrogen) atoms. The van der Waals surface area contributed by atoms with Gasteiger partial charge in [-0.05, 0) is 42.8 Å². The van der Waals surface area contributed by atoms with E-state index >= 15 is 0 Å². The number of aliphatic hydroxyl groups excluding tert-OH is 2. The molecule has 2 N–H and O–H groups in total. The lowest BCUT2D eigenvalue weighted by Crippen LogP contribution is -2.54. The normalized spacial score (nSPS) is 18.5. The molecule has 1 aliphatic heterocycles. The Morgan fingerprint density at radius 3 is 2.84 bits per heavy atom. The van der Waals surface area contributed by atoms with Crippen LogP contribution in [0.2, 0.25) is 5.02 Å². The van der Waals surface area contributed by atoms with Crippen LogP contribution in [0.15, 0.2) is 60.7 Å². The Morgan fingerprint density at radius 2 is 2.19 bits per heavy atom. The number of hydrogen-bond donors (Lipinski definition) is 2. The Bertz CT molecular complexity index is 1000. The first-order valence-corrected chi connectivity index (χ1v) is 10.6. The van der Waals surface area contributed by atoms with Gasteiger partial charge in [0, 0.05) is 26.2 Å². The fourth-order valence-electron chi connectivity index (χ4n) is 3.94. The van der Waals surface area contributed by atoms with Crippen LogP contribution in [0.5, 0.6) is 0 Å². The van der Waals surface area contributed by atoms with Gasteiger partial charge in [0.1, 0.15) is 6.10 Å². The second kappa shape index (κ2) is 10.6. The van der Waals surface area contributed by atoms with Crippen LogP contribution in [-0.2, 0) is 6.61 Å². The minimum absolute atomic E-state index is 0.00520. The number of piperazine rings is 1. The summed E-state index contributed by atoms with van der Waals surface area (Å²) in [5.74, 6) is 0. The van der Waals surface area contributed by atoms with Crippen molar-refractivity contribution < 1.29 is 10.2 Å². The van der Waals surface area contributed by atoms with E-state index in [1.54, 1.807) is 30.3 Å². The second-order valence-corrected chi connectivity index (χ2v) is 7.87. The molecule has 0 saturated carbocycles. The lowest BCUT2D eigenvalue weighted by molar-refractivity contribution is 0.100. The van der Waals surface area contributed by atoms with E-state index in [0.717, 1.165) is 17.8 Å². The molecule has 0 bridgehead atoms. The molecule has 1 aliphatic rings. The molecule has 2 aromatic rings. The van der Waals surface area contributed by atoms with Gasteiger partial charge in [-0.25, -0.2) is 0 Å². The van der Waals surface area contributed by atoms with Gasteiger partial charge in [0.2, 0.25) is 0 Å². The first kappa shape index (κ1) is 23.0. The van der Waals surface area contributed by atoms with Crippen molar-refractivity contribution in [3.8, 4) is 6.07 Å². The molecule has 0 aliphatic carbocycles. The summed E-state index contributed by atoms with van der Waals surface area (Å²) in [5.41, 5.74) is 3.57. The maximum absolute atomic E-state index is 10.7. The van der Waals surface area contributed by atoms with Gasteiger partial charge >= 0.3 is 0 Å². The quantitative estimate of drug-likeness (QED) is 0.644. The van der Waals surface area contributed by atoms with Crippen molar-refractivity contribution in [3.63, 3.8) is 0 Å². The van der Waals surface area contributed by atoms with Gasteiger partial charge in [0.25, 0.3) is 0 Å². The van der Waals surface area contributed by atoms with Crippen molar-refractivity contribution in [2.24, 2.45) is 0 Å². The number of allylic oxidation sites excluding steroid dienone is 1. The van der Waals surface area contributed by atoms with Crippen LogP contribution in [0.4, 0.5) is 5.69 Å². The van der Waals surface area contributed by atoms with Gasteiger partial charge in [0.05, 0.1) is 46.4 Å². The minimum Gasteiger partial charge on any atom is -0.390 e. The van der Waals surface area contributed by atoms with Crippen LogP contribution >= 0.6 is 11.6 Å². The summed E-state index contributed by atoms with van der Waals surface area (Å²) in [4.78, 5) is 8.75. The summed E-state index contributed by atoms with van der Waals surface area (Å²) in [5, 5.41) is 29.7.